The summed E-state index contributed by atoms with van der Waals surface area (Å²) in [7, 11) is 0. The van der Waals surface area contributed by atoms with Crippen LogP contribution < -0.4 is 0 Å². The van der Waals surface area contributed by atoms with Gasteiger partial charge >= 0.3 is 113 Å². The second-order valence-corrected chi connectivity index (χ2v) is 6.77. The van der Waals surface area contributed by atoms with E-state index in [2.05, 4.69) is 0 Å². The van der Waals surface area contributed by atoms with E-state index in [1.165, 1.54) is 0 Å². The van der Waals surface area contributed by atoms with E-state index < -0.39 is 16.2 Å². The number of ether oxygens (including phenoxy) is 1. The van der Waals surface area contributed by atoms with Gasteiger partial charge in [0.15, 0.2) is 0 Å². The molecule has 0 saturated carbocycles. The molecule has 1 aliphatic carbocycles. The molecule has 0 aromatic heterocycles. The van der Waals surface area contributed by atoms with Crippen molar-refractivity contribution in [2.45, 2.75) is 29.9 Å². The van der Waals surface area contributed by atoms with Crippen LogP contribution in [0, 0.1) is 5.92 Å². The van der Waals surface area contributed by atoms with Crippen LogP contribution in [0.2, 0.25) is 9.63 Å². The SMILES string of the molecule is CCOC(=O)C[Se]C1(CC)C=CC=CC1C(=O)O. The number of carboxylic acid groups (broad SMARTS) is 1. The number of carbonyl (C=O) groups excluding carboxylic acids is 1. The quantitative estimate of drug-likeness (QED) is 0.602. The van der Waals surface area contributed by atoms with Crippen LogP contribution in [-0.4, -0.2) is 38.6 Å². The van der Waals surface area contributed by atoms with Gasteiger partial charge in [0.25, 0.3) is 0 Å². The van der Waals surface area contributed by atoms with Gasteiger partial charge in [-0.15, -0.1) is 0 Å². The number of hydrogen-bond donors (Lipinski definition) is 1. The molecule has 1 aliphatic rings. The molecule has 0 radical (unpaired) electrons. The molecular weight excluding hydrogens is 299 g/mol. The Morgan fingerprint density at radius 3 is 2.67 bits per heavy atom. The van der Waals surface area contributed by atoms with Gasteiger partial charge in [-0.2, -0.15) is 0 Å². The number of carboxylic acids is 1. The van der Waals surface area contributed by atoms with Crippen LogP contribution in [-0.2, 0) is 14.3 Å². The molecule has 4 nitrogen and oxygen atoms in total. The Hall–Kier alpha value is -1.06. The van der Waals surface area contributed by atoms with Gasteiger partial charge in [-0.05, 0) is 0 Å². The summed E-state index contributed by atoms with van der Waals surface area (Å²) >= 11 is -0.127. The van der Waals surface area contributed by atoms with Crippen molar-refractivity contribution in [2.24, 2.45) is 5.92 Å². The summed E-state index contributed by atoms with van der Waals surface area (Å²) in [6.45, 7) is 4.10. The first-order valence-electron chi connectivity index (χ1n) is 5.94. The van der Waals surface area contributed by atoms with Crippen molar-refractivity contribution in [1.29, 1.82) is 0 Å². The molecule has 0 spiro atoms. The minimum atomic E-state index is -0.830. The van der Waals surface area contributed by atoms with Gasteiger partial charge in [0.1, 0.15) is 0 Å². The molecule has 1 rings (SSSR count). The van der Waals surface area contributed by atoms with E-state index in [-0.39, 0.29) is 20.9 Å². The Balaban J connectivity index is 2.77. The van der Waals surface area contributed by atoms with Gasteiger partial charge in [-0.1, -0.05) is 0 Å². The third-order valence-electron chi connectivity index (χ3n) is 2.90. The van der Waals surface area contributed by atoms with Gasteiger partial charge in [-0.25, -0.2) is 0 Å². The number of rotatable bonds is 6. The van der Waals surface area contributed by atoms with Crippen molar-refractivity contribution in [3.8, 4) is 0 Å². The molecule has 0 aromatic carbocycles. The van der Waals surface area contributed by atoms with Crippen molar-refractivity contribution in [2.75, 3.05) is 6.61 Å². The van der Waals surface area contributed by atoms with E-state index >= 15 is 0 Å². The van der Waals surface area contributed by atoms with E-state index in [4.69, 9.17) is 4.74 Å². The van der Waals surface area contributed by atoms with Crippen LogP contribution in [0.25, 0.3) is 0 Å². The Morgan fingerprint density at radius 2 is 2.11 bits per heavy atom. The average Bonchev–Trinajstić information content (AvgIpc) is 2.37. The first-order valence-corrected chi connectivity index (χ1v) is 8.01. The molecule has 5 heteroatoms. The first kappa shape index (κ1) is 15.0. The Labute approximate surface area is 113 Å². The molecular formula is C13H18O4Se. The molecule has 18 heavy (non-hydrogen) atoms. The monoisotopic (exact) mass is 318 g/mol. The van der Waals surface area contributed by atoms with Crippen molar-refractivity contribution >= 4 is 26.9 Å². The molecule has 100 valence electrons. The number of aliphatic carboxylic acids is 1. The minimum absolute atomic E-state index is 0.127. The maximum absolute atomic E-state index is 11.4. The zero-order valence-corrected chi connectivity index (χ0v) is 12.3. The van der Waals surface area contributed by atoms with Crippen LogP contribution in [0.3, 0.4) is 0 Å². The summed E-state index contributed by atoms with van der Waals surface area (Å²) in [6, 6.07) is 0. The molecule has 0 heterocycles. The molecule has 1 N–H and O–H groups in total. The molecule has 0 amide bonds. The predicted molar refractivity (Wildman–Crippen MR) is 69.6 cm³/mol. The molecule has 0 saturated heterocycles. The Bertz CT molecular complexity index is 375. The summed E-state index contributed by atoms with van der Waals surface area (Å²) in [5.41, 5.74) is 0. The summed E-state index contributed by atoms with van der Waals surface area (Å²) in [6.07, 6.45) is 7.98. The van der Waals surface area contributed by atoms with E-state index in [0.29, 0.717) is 18.3 Å². The second kappa shape index (κ2) is 6.76. The van der Waals surface area contributed by atoms with Crippen molar-refractivity contribution < 1.29 is 19.4 Å². The topological polar surface area (TPSA) is 63.6 Å². The average molecular weight is 317 g/mol. The van der Waals surface area contributed by atoms with E-state index in [9.17, 15) is 14.7 Å². The second-order valence-electron chi connectivity index (χ2n) is 3.96. The normalized spacial score (nSPS) is 26.0. The van der Waals surface area contributed by atoms with E-state index in [1.807, 2.05) is 19.1 Å². The summed E-state index contributed by atoms with van der Waals surface area (Å²) in [5.74, 6) is -1.61. The predicted octanol–water partition coefficient (Wildman–Crippen LogP) is 2.07. The fourth-order valence-electron chi connectivity index (χ4n) is 1.93. The number of carbonyl (C=O) groups is 2. The molecule has 0 fully saturated rings. The molecule has 2 unspecified atom stereocenters. The zero-order valence-electron chi connectivity index (χ0n) is 10.6. The third kappa shape index (κ3) is 3.47. The van der Waals surface area contributed by atoms with Crippen molar-refractivity contribution in [3.63, 3.8) is 0 Å². The van der Waals surface area contributed by atoms with E-state index in [1.54, 1.807) is 19.1 Å². The molecule has 0 aliphatic heterocycles. The van der Waals surface area contributed by atoms with Crippen molar-refractivity contribution in [3.05, 3.63) is 24.3 Å². The number of allylic oxidation sites excluding steroid dienone is 3. The van der Waals surface area contributed by atoms with Crippen LogP contribution in [0.15, 0.2) is 24.3 Å². The van der Waals surface area contributed by atoms with Gasteiger partial charge in [-0.3, -0.25) is 0 Å². The molecule has 2 atom stereocenters. The van der Waals surface area contributed by atoms with Crippen LogP contribution in [0.4, 0.5) is 0 Å². The Kier molecular flexibility index (Phi) is 5.63. The number of esters is 1. The standard InChI is InChI=1S/C13H18O4Se/c1-3-13(18-9-11(14)17-4-2)8-6-5-7-10(13)12(15)16/h5-8,10H,3-4,9H2,1-2H3,(H,15,16). The summed E-state index contributed by atoms with van der Waals surface area (Å²) in [5, 5.41) is 9.60. The fraction of sp³-hybridized carbons (Fsp3) is 0.538. The van der Waals surface area contributed by atoms with Gasteiger partial charge in [0, 0.05) is 0 Å². The van der Waals surface area contributed by atoms with Gasteiger partial charge < -0.3 is 0 Å². The van der Waals surface area contributed by atoms with E-state index in [0.717, 1.165) is 0 Å². The first-order chi connectivity index (χ1) is 8.55. The van der Waals surface area contributed by atoms with Gasteiger partial charge in [0.05, 0.1) is 0 Å². The van der Waals surface area contributed by atoms with Crippen LogP contribution in [0.5, 0.6) is 0 Å². The maximum atomic E-state index is 11.4. The van der Waals surface area contributed by atoms with Crippen LogP contribution in [0.1, 0.15) is 20.3 Å². The fourth-order valence-corrected chi connectivity index (χ4v) is 4.46. The summed E-state index contributed by atoms with van der Waals surface area (Å²) in [4.78, 5) is 22.7. The van der Waals surface area contributed by atoms with Crippen molar-refractivity contribution in [1.82, 2.24) is 0 Å². The van der Waals surface area contributed by atoms with Crippen LogP contribution >= 0.6 is 0 Å². The Morgan fingerprint density at radius 1 is 1.39 bits per heavy atom. The molecule has 0 aromatic rings. The number of hydrogen-bond acceptors (Lipinski definition) is 3. The zero-order chi connectivity index (χ0) is 13.6. The molecule has 0 bridgehead atoms. The van der Waals surface area contributed by atoms with Gasteiger partial charge in [0.2, 0.25) is 0 Å². The summed E-state index contributed by atoms with van der Waals surface area (Å²) < 4.78 is 4.49. The third-order valence-corrected chi connectivity index (χ3v) is 6.25.